The summed E-state index contributed by atoms with van der Waals surface area (Å²) in [6, 6.07) is 11.8. The summed E-state index contributed by atoms with van der Waals surface area (Å²) >= 11 is 0. The molecule has 0 aliphatic carbocycles. The monoisotopic (exact) mass is 495 g/mol. The van der Waals surface area contributed by atoms with Gasteiger partial charge in [-0.25, -0.2) is 5.43 Å². The SMILES string of the molecule is Cc1cccc(Nc2nc(NN=Cc3ccc4c(c3)OCO4)nc(N3CCC(C)CC3)n2)c1C.Cl. The maximum absolute atomic E-state index is 5.43. The maximum Gasteiger partial charge on any atom is 0.250 e. The number of aromatic nitrogens is 3. The lowest BCUT2D eigenvalue weighted by Crippen LogP contribution is -2.34. The predicted octanol–water partition coefficient (Wildman–Crippen LogP) is 5.06. The summed E-state index contributed by atoms with van der Waals surface area (Å²) in [6.07, 6.45) is 3.94. The lowest BCUT2D eigenvalue weighted by molar-refractivity contribution is 0.174. The van der Waals surface area contributed by atoms with Crippen molar-refractivity contribution >= 4 is 42.2 Å². The molecule has 184 valence electrons. The molecule has 0 radical (unpaired) electrons. The van der Waals surface area contributed by atoms with Crippen molar-refractivity contribution in [3.8, 4) is 11.5 Å². The topological polar surface area (TPSA) is 96.8 Å². The molecule has 0 spiro atoms. The van der Waals surface area contributed by atoms with Crippen LogP contribution in [0.15, 0.2) is 41.5 Å². The van der Waals surface area contributed by atoms with Crippen molar-refractivity contribution in [1.29, 1.82) is 0 Å². The number of hydrogen-bond acceptors (Lipinski definition) is 9. The summed E-state index contributed by atoms with van der Waals surface area (Å²) in [4.78, 5) is 16.2. The predicted molar refractivity (Wildman–Crippen MR) is 141 cm³/mol. The Bertz CT molecular complexity index is 1210. The minimum absolute atomic E-state index is 0. The van der Waals surface area contributed by atoms with Gasteiger partial charge in [0.25, 0.3) is 0 Å². The van der Waals surface area contributed by atoms with E-state index in [0.717, 1.165) is 54.4 Å². The van der Waals surface area contributed by atoms with Crippen molar-refractivity contribution in [2.45, 2.75) is 33.6 Å². The fourth-order valence-electron chi connectivity index (χ4n) is 3.99. The number of nitrogens with zero attached hydrogens (tertiary/aromatic N) is 5. The zero-order valence-electron chi connectivity index (χ0n) is 20.1. The summed E-state index contributed by atoms with van der Waals surface area (Å²) in [5.41, 5.74) is 7.18. The van der Waals surface area contributed by atoms with Crippen molar-refractivity contribution in [1.82, 2.24) is 15.0 Å². The molecule has 35 heavy (non-hydrogen) atoms. The highest BCUT2D eigenvalue weighted by Gasteiger charge is 2.20. The molecule has 9 nitrogen and oxygen atoms in total. The van der Waals surface area contributed by atoms with Crippen LogP contribution in [-0.4, -0.2) is 41.0 Å². The van der Waals surface area contributed by atoms with Gasteiger partial charge in [-0.2, -0.15) is 20.1 Å². The Morgan fingerprint density at radius 1 is 1.00 bits per heavy atom. The average Bonchev–Trinajstić information content (AvgIpc) is 3.30. The highest BCUT2D eigenvalue weighted by molar-refractivity contribution is 5.85. The van der Waals surface area contributed by atoms with Crippen LogP contribution >= 0.6 is 12.4 Å². The van der Waals surface area contributed by atoms with Crippen LogP contribution in [0.3, 0.4) is 0 Å². The third-order valence-corrected chi connectivity index (χ3v) is 6.32. The molecule has 3 heterocycles. The molecule has 2 aromatic carbocycles. The van der Waals surface area contributed by atoms with Crippen LogP contribution in [-0.2, 0) is 0 Å². The van der Waals surface area contributed by atoms with Crippen LogP contribution in [0.5, 0.6) is 11.5 Å². The fraction of sp³-hybridized carbons (Fsp3) is 0.360. The number of benzene rings is 2. The van der Waals surface area contributed by atoms with E-state index >= 15 is 0 Å². The maximum atomic E-state index is 5.43. The lowest BCUT2D eigenvalue weighted by Gasteiger charge is -2.30. The van der Waals surface area contributed by atoms with E-state index in [2.05, 4.69) is 57.5 Å². The normalized spacial score (nSPS) is 15.2. The number of ether oxygens (including phenoxy) is 2. The number of hydrazone groups is 1. The molecule has 0 atom stereocenters. The summed E-state index contributed by atoms with van der Waals surface area (Å²) in [6.45, 7) is 8.55. The quantitative estimate of drug-likeness (QED) is 0.361. The van der Waals surface area contributed by atoms with E-state index in [9.17, 15) is 0 Å². The Labute approximate surface area is 211 Å². The van der Waals surface area contributed by atoms with Gasteiger partial charge in [0.2, 0.25) is 24.6 Å². The third kappa shape index (κ3) is 5.74. The second kappa shape index (κ2) is 10.8. The number of rotatable bonds is 6. The number of hydrogen-bond donors (Lipinski definition) is 2. The molecule has 2 aliphatic heterocycles. The van der Waals surface area contributed by atoms with E-state index in [1.54, 1.807) is 6.21 Å². The van der Waals surface area contributed by atoms with Gasteiger partial charge in [0.15, 0.2) is 11.5 Å². The second-order valence-corrected chi connectivity index (χ2v) is 8.81. The van der Waals surface area contributed by atoms with Crippen LogP contribution in [0.1, 0.15) is 36.5 Å². The van der Waals surface area contributed by atoms with Gasteiger partial charge in [-0.3, -0.25) is 0 Å². The van der Waals surface area contributed by atoms with Gasteiger partial charge in [0, 0.05) is 18.8 Å². The number of fused-ring (bicyclic) bond motifs is 1. The largest absolute Gasteiger partial charge is 0.454 e. The van der Waals surface area contributed by atoms with Gasteiger partial charge >= 0.3 is 0 Å². The van der Waals surface area contributed by atoms with Crippen molar-refractivity contribution in [3.63, 3.8) is 0 Å². The fourth-order valence-corrected chi connectivity index (χ4v) is 3.99. The standard InChI is InChI=1S/C25H29N7O2.ClH/c1-16-9-11-32(12-10-16)25-29-23(27-20-6-4-5-17(2)18(20)3)28-24(30-25)31-26-14-19-7-8-21-22(13-19)34-15-33-21;/h4-8,13-14,16H,9-12,15H2,1-3H3,(H2,27,28,29,30,31);1H. The highest BCUT2D eigenvalue weighted by Crippen LogP contribution is 2.32. The summed E-state index contributed by atoms with van der Waals surface area (Å²) in [7, 11) is 0. The minimum atomic E-state index is 0. The van der Waals surface area contributed by atoms with Gasteiger partial charge in [0.1, 0.15) is 0 Å². The molecule has 0 bridgehead atoms. The first-order valence-corrected chi connectivity index (χ1v) is 11.6. The average molecular weight is 496 g/mol. The highest BCUT2D eigenvalue weighted by atomic mass is 35.5. The molecule has 0 saturated carbocycles. The first kappa shape index (κ1) is 24.5. The molecule has 0 unspecified atom stereocenters. The number of halogens is 1. The zero-order valence-corrected chi connectivity index (χ0v) is 20.9. The smallest absolute Gasteiger partial charge is 0.250 e. The van der Waals surface area contributed by atoms with E-state index in [-0.39, 0.29) is 19.2 Å². The van der Waals surface area contributed by atoms with Crippen LogP contribution in [0.2, 0.25) is 0 Å². The van der Waals surface area contributed by atoms with E-state index < -0.39 is 0 Å². The lowest BCUT2D eigenvalue weighted by atomic mass is 10.00. The molecular formula is C25H30ClN7O2. The van der Waals surface area contributed by atoms with Crippen LogP contribution in [0, 0.1) is 19.8 Å². The van der Waals surface area contributed by atoms with Crippen molar-refractivity contribution in [3.05, 3.63) is 53.1 Å². The number of anilines is 4. The molecule has 2 N–H and O–H groups in total. The first-order chi connectivity index (χ1) is 16.5. The Morgan fingerprint density at radius 3 is 2.60 bits per heavy atom. The van der Waals surface area contributed by atoms with E-state index in [1.165, 1.54) is 5.56 Å². The van der Waals surface area contributed by atoms with Crippen LogP contribution in [0.4, 0.5) is 23.5 Å². The zero-order chi connectivity index (χ0) is 23.5. The van der Waals surface area contributed by atoms with Crippen molar-refractivity contribution < 1.29 is 9.47 Å². The van der Waals surface area contributed by atoms with Gasteiger partial charge in [0.05, 0.1) is 6.21 Å². The summed E-state index contributed by atoms with van der Waals surface area (Å²) in [5, 5.41) is 7.71. The molecule has 2 aliphatic rings. The second-order valence-electron chi connectivity index (χ2n) is 8.81. The van der Waals surface area contributed by atoms with Crippen molar-refractivity contribution in [2.24, 2.45) is 11.0 Å². The van der Waals surface area contributed by atoms with Gasteiger partial charge in [-0.05, 0) is 73.6 Å². The van der Waals surface area contributed by atoms with E-state index in [4.69, 9.17) is 14.5 Å². The van der Waals surface area contributed by atoms with Gasteiger partial charge in [-0.1, -0.05) is 19.1 Å². The number of piperidine rings is 1. The van der Waals surface area contributed by atoms with E-state index in [1.807, 2.05) is 30.3 Å². The molecule has 1 fully saturated rings. The first-order valence-electron chi connectivity index (χ1n) is 11.6. The Hall–Kier alpha value is -3.59. The molecule has 3 aromatic rings. The van der Waals surface area contributed by atoms with E-state index in [0.29, 0.717) is 23.6 Å². The van der Waals surface area contributed by atoms with Gasteiger partial charge in [-0.15, -0.1) is 12.4 Å². The molecular weight excluding hydrogens is 466 g/mol. The Balaban J connectivity index is 0.00000289. The molecule has 5 rings (SSSR count). The summed E-state index contributed by atoms with van der Waals surface area (Å²) < 4.78 is 10.8. The van der Waals surface area contributed by atoms with Crippen LogP contribution < -0.4 is 25.1 Å². The number of nitrogens with one attached hydrogen (secondary N) is 2. The Morgan fingerprint density at radius 2 is 1.77 bits per heavy atom. The summed E-state index contributed by atoms with van der Waals surface area (Å²) in [5.74, 6) is 3.69. The molecule has 10 heteroatoms. The van der Waals surface area contributed by atoms with Gasteiger partial charge < -0.3 is 19.7 Å². The molecule has 1 aromatic heterocycles. The number of aryl methyl sites for hydroxylation is 1. The third-order valence-electron chi connectivity index (χ3n) is 6.32. The molecule has 0 amide bonds. The molecule has 1 saturated heterocycles. The van der Waals surface area contributed by atoms with Crippen molar-refractivity contribution in [2.75, 3.05) is 35.5 Å². The minimum Gasteiger partial charge on any atom is -0.454 e. The Kier molecular flexibility index (Phi) is 7.55. The van der Waals surface area contributed by atoms with Crippen LogP contribution in [0.25, 0.3) is 0 Å².